The molecule has 3 aromatic carbocycles. The fourth-order valence-corrected chi connectivity index (χ4v) is 6.17. The molecule has 0 N–H and O–H groups in total. The van der Waals surface area contributed by atoms with Crippen molar-refractivity contribution in [3.8, 4) is 0 Å². The van der Waals surface area contributed by atoms with Crippen LogP contribution in [-0.4, -0.2) is 24.9 Å². The summed E-state index contributed by atoms with van der Waals surface area (Å²) in [5.41, 5.74) is 4.78. The van der Waals surface area contributed by atoms with E-state index in [9.17, 15) is 14.4 Å². The number of hydrogen-bond acceptors (Lipinski definition) is 4. The highest BCUT2D eigenvalue weighted by Gasteiger charge is 2.62. The van der Waals surface area contributed by atoms with Crippen LogP contribution in [0.25, 0.3) is 5.57 Å². The van der Waals surface area contributed by atoms with Crippen molar-refractivity contribution in [1.82, 2.24) is 0 Å². The number of rotatable bonds is 4. The van der Waals surface area contributed by atoms with Gasteiger partial charge in [-0.25, -0.2) is 9.69 Å². The lowest BCUT2D eigenvalue weighted by Crippen LogP contribution is -2.33. The molecule has 3 aromatic rings. The summed E-state index contributed by atoms with van der Waals surface area (Å²) in [6, 6.07) is 24.8. The molecule has 3 aliphatic rings. The second-order valence-corrected chi connectivity index (χ2v) is 9.63. The number of anilines is 1. The third-order valence-corrected chi connectivity index (χ3v) is 7.77. The number of nitrogens with zero attached hydrogens (tertiary/aromatic N) is 1. The SMILES string of the molecule is COC(=O)c1cc(N2C(=O)[C@@H]3[C@H](C2=O)[C@@H]2C=C[C@@H]3C2=C(c2ccccc2)c2ccccc2)ccc1Cl. The Morgan fingerprint density at radius 3 is 1.83 bits per heavy atom. The van der Waals surface area contributed by atoms with Gasteiger partial charge in [-0.2, -0.15) is 0 Å². The van der Waals surface area contributed by atoms with Crippen molar-refractivity contribution in [2.75, 3.05) is 12.0 Å². The number of imide groups is 1. The maximum absolute atomic E-state index is 13.8. The summed E-state index contributed by atoms with van der Waals surface area (Å²) >= 11 is 6.17. The van der Waals surface area contributed by atoms with Gasteiger partial charge in [-0.15, -0.1) is 0 Å². The Morgan fingerprint density at radius 1 is 0.806 bits per heavy atom. The van der Waals surface area contributed by atoms with Crippen molar-refractivity contribution < 1.29 is 19.1 Å². The van der Waals surface area contributed by atoms with Crippen LogP contribution in [0.4, 0.5) is 5.69 Å². The predicted octanol–water partition coefficient (Wildman–Crippen LogP) is 5.55. The number of benzene rings is 3. The number of ether oxygens (including phenoxy) is 1. The lowest BCUT2D eigenvalue weighted by atomic mass is 9.85. The van der Waals surface area contributed by atoms with E-state index in [4.69, 9.17) is 16.3 Å². The van der Waals surface area contributed by atoms with Crippen molar-refractivity contribution in [3.05, 3.63) is 118 Å². The number of esters is 1. The summed E-state index contributed by atoms with van der Waals surface area (Å²) in [6.07, 6.45) is 4.15. The van der Waals surface area contributed by atoms with Crippen LogP contribution < -0.4 is 4.90 Å². The number of halogens is 1. The van der Waals surface area contributed by atoms with Gasteiger partial charge >= 0.3 is 5.97 Å². The molecular formula is C30H22ClNO4. The Bertz CT molecular complexity index is 1390. The van der Waals surface area contributed by atoms with Crippen molar-refractivity contribution in [2.24, 2.45) is 23.7 Å². The number of carbonyl (C=O) groups excluding carboxylic acids is 3. The molecule has 0 radical (unpaired) electrons. The number of allylic oxidation sites excluding steroid dienone is 3. The van der Waals surface area contributed by atoms with E-state index in [1.807, 2.05) is 36.4 Å². The van der Waals surface area contributed by atoms with Gasteiger partial charge in [0.05, 0.1) is 35.2 Å². The Balaban J connectivity index is 1.45. The minimum Gasteiger partial charge on any atom is -0.465 e. The van der Waals surface area contributed by atoms with E-state index in [1.165, 1.54) is 24.1 Å². The van der Waals surface area contributed by atoms with Crippen LogP contribution in [0.5, 0.6) is 0 Å². The minimum absolute atomic E-state index is 0.117. The number of hydrogen-bond donors (Lipinski definition) is 0. The number of amides is 2. The molecule has 178 valence electrons. The molecule has 2 aliphatic carbocycles. The van der Waals surface area contributed by atoms with Crippen LogP contribution in [0.2, 0.25) is 5.02 Å². The third kappa shape index (κ3) is 3.27. The Hall–Kier alpha value is -3.96. The van der Waals surface area contributed by atoms with Crippen LogP contribution in [0.1, 0.15) is 21.5 Å². The molecule has 1 heterocycles. The van der Waals surface area contributed by atoms with Gasteiger partial charge in [-0.3, -0.25) is 9.59 Å². The molecule has 0 aromatic heterocycles. The van der Waals surface area contributed by atoms with E-state index in [1.54, 1.807) is 6.07 Å². The van der Waals surface area contributed by atoms with Crippen molar-refractivity contribution in [1.29, 1.82) is 0 Å². The van der Waals surface area contributed by atoms with Crippen LogP contribution in [-0.2, 0) is 14.3 Å². The maximum Gasteiger partial charge on any atom is 0.339 e. The molecule has 36 heavy (non-hydrogen) atoms. The average molecular weight is 496 g/mol. The quantitative estimate of drug-likeness (QED) is 0.270. The number of carbonyl (C=O) groups is 3. The first-order valence-corrected chi connectivity index (χ1v) is 12.2. The molecule has 5 nitrogen and oxygen atoms in total. The molecule has 4 atom stereocenters. The summed E-state index contributed by atoms with van der Waals surface area (Å²) in [4.78, 5) is 40.9. The lowest BCUT2D eigenvalue weighted by Gasteiger charge is -2.22. The first kappa shape index (κ1) is 22.5. The fourth-order valence-electron chi connectivity index (χ4n) is 5.98. The van der Waals surface area contributed by atoms with Crippen molar-refractivity contribution >= 4 is 40.6 Å². The van der Waals surface area contributed by atoms with E-state index < -0.39 is 17.8 Å². The van der Waals surface area contributed by atoms with Gasteiger partial charge < -0.3 is 4.74 Å². The summed E-state index contributed by atoms with van der Waals surface area (Å²) in [6.45, 7) is 0. The smallest absolute Gasteiger partial charge is 0.339 e. The lowest BCUT2D eigenvalue weighted by molar-refractivity contribution is -0.122. The predicted molar refractivity (Wildman–Crippen MR) is 137 cm³/mol. The van der Waals surface area contributed by atoms with Crippen LogP contribution in [0, 0.1) is 23.7 Å². The summed E-state index contributed by atoms with van der Waals surface area (Å²) in [5, 5.41) is 0.201. The molecule has 2 bridgehead atoms. The molecular weight excluding hydrogens is 474 g/mol. The third-order valence-electron chi connectivity index (χ3n) is 7.44. The number of methoxy groups -OCH3 is 1. The molecule has 1 saturated heterocycles. The first-order chi connectivity index (χ1) is 17.5. The van der Waals surface area contributed by atoms with Crippen molar-refractivity contribution in [3.63, 3.8) is 0 Å². The van der Waals surface area contributed by atoms with Gasteiger partial charge in [-0.05, 0) is 40.5 Å². The highest BCUT2D eigenvalue weighted by molar-refractivity contribution is 6.34. The molecule has 1 saturated carbocycles. The van der Waals surface area contributed by atoms with Gasteiger partial charge in [0.1, 0.15) is 0 Å². The Morgan fingerprint density at radius 2 is 1.33 bits per heavy atom. The molecule has 0 unspecified atom stereocenters. The Labute approximate surface area is 213 Å². The molecule has 6 heteroatoms. The molecule has 6 rings (SSSR count). The van der Waals surface area contributed by atoms with Gasteiger partial charge in [0.2, 0.25) is 11.8 Å². The Kier molecular flexibility index (Phi) is 5.38. The zero-order chi connectivity index (χ0) is 25.0. The zero-order valence-corrected chi connectivity index (χ0v) is 20.2. The largest absolute Gasteiger partial charge is 0.465 e. The molecule has 1 aliphatic heterocycles. The standard InChI is InChI=1S/C30H22ClNO4/c1-36-30(35)22-16-19(12-15-23(22)31)32-28(33)26-20-13-14-21(27(26)29(32)34)25(20)24(17-8-4-2-5-9-17)18-10-6-3-7-11-18/h2-16,20-21,26-27H,1H3/t20-,21-,26-,27+/m1/s1. The van der Waals surface area contributed by atoms with Gasteiger partial charge in [0, 0.05) is 11.8 Å². The van der Waals surface area contributed by atoms with E-state index in [0.717, 1.165) is 22.3 Å². The first-order valence-electron chi connectivity index (χ1n) is 11.8. The normalized spacial score (nSPS) is 23.8. The van der Waals surface area contributed by atoms with Gasteiger partial charge in [-0.1, -0.05) is 84.4 Å². The zero-order valence-electron chi connectivity index (χ0n) is 19.4. The minimum atomic E-state index is -0.622. The van der Waals surface area contributed by atoms with E-state index >= 15 is 0 Å². The van der Waals surface area contributed by atoms with Gasteiger partial charge in [0.25, 0.3) is 0 Å². The monoisotopic (exact) mass is 495 g/mol. The molecule has 2 fully saturated rings. The summed E-state index contributed by atoms with van der Waals surface area (Å²) in [7, 11) is 1.26. The fraction of sp³-hybridized carbons (Fsp3) is 0.167. The maximum atomic E-state index is 13.8. The number of fused-ring (bicyclic) bond motifs is 5. The van der Waals surface area contributed by atoms with Crippen LogP contribution >= 0.6 is 11.6 Å². The van der Waals surface area contributed by atoms with Crippen LogP contribution in [0.3, 0.4) is 0 Å². The van der Waals surface area contributed by atoms with E-state index in [0.29, 0.717) is 5.69 Å². The second-order valence-electron chi connectivity index (χ2n) is 9.22. The highest BCUT2D eigenvalue weighted by Crippen LogP contribution is 2.58. The van der Waals surface area contributed by atoms with E-state index in [2.05, 4.69) is 36.4 Å². The average Bonchev–Trinajstić information content (AvgIpc) is 3.54. The summed E-state index contributed by atoms with van der Waals surface area (Å²) in [5.74, 6) is -2.45. The topological polar surface area (TPSA) is 63.7 Å². The van der Waals surface area contributed by atoms with E-state index in [-0.39, 0.29) is 34.2 Å². The van der Waals surface area contributed by atoms with Crippen molar-refractivity contribution in [2.45, 2.75) is 0 Å². The highest BCUT2D eigenvalue weighted by atomic mass is 35.5. The summed E-state index contributed by atoms with van der Waals surface area (Å²) < 4.78 is 4.80. The molecule has 0 spiro atoms. The van der Waals surface area contributed by atoms with Crippen LogP contribution in [0.15, 0.2) is 96.6 Å². The molecule has 2 amide bonds. The second kappa shape index (κ2) is 8.61. The van der Waals surface area contributed by atoms with Gasteiger partial charge in [0.15, 0.2) is 0 Å².